The molecule has 0 saturated carbocycles. The Bertz CT molecular complexity index is 1410. The third-order valence-electron chi connectivity index (χ3n) is 7.50. The van der Waals surface area contributed by atoms with Gasteiger partial charge in [-0.15, -0.1) is 0 Å². The zero-order valence-corrected chi connectivity index (χ0v) is 22.8. The first-order valence-electron chi connectivity index (χ1n) is 13.1. The highest BCUT2D eigenvalue weighted by Crippen LogP contribution is 2.48. The Hall–Kier alpha value is -2.77. The van der Waals surface area contributed by atoms with Gasteiger partial charge in [0.05, 0.1) is 0 Å². The number of phosphoric acid groups is 1. The van der Waals surface area contributed by atoms with E-state index >= 15 is 0 Å². The van der Waals surface area contributed by atoms with Gasteiger partial charge in [-0.2, -0.15) is 0 Å². The summed E-state index contributed by atoms with van der Waals surface area (Å²) < 4.78 is 24.1. The van der Waals surface area contributed by atoms with Crippen LogP contribution in [0.25, 0.3) is 21.8 Å². The van der Waals surface area contributed by atoms with Crippen molar-refractivity contribution < 1.29 is 18.5 Å². The molecule has 2 fully saturated rings. The van der Waals surface area contributed by atoms with Crippen molar-refractivity contribution in [3.05, 3.63) is 59.9 Å². The minimum Gasteiger partial charge on any atom is -0.394 e. The molecule has 0 bridgehead atoms. The van der Waals surface area contributed by atoms with E-state index in [1.807, 2.05) is 31.5 Å². The molecule has 2 aromatic heterocycles. The summed E-state index contributed by atoms with van der Waals surface area (Å²) in [6.07, 6.45) is 9.83. The van der Waals surface area contributed by atoms with Crippen LogP contribution in [0.4, 0.5) is 0 Å². The molecular weight excluding hydrogens is 487 g/mol. The molecule has 9 heteroatoms. The number of benzene rings is 2. The molecule has 0 amide bonds. The van der Waals surface area contributed by atoms with Gasteiger partial charge in [0.25, 0.3) is 0 Å². The molecule has 0 radical (unpaired) electrons. The molecule has 2 aliphatic rings. The topological polar surface area (TPSA) is 93.8 Å². The monoisotopic (exact) mass is 524 g/mol. The molecule has 0 aliphatic carbocycles. The largest absolute Gasteiger partial charge is 0.584 e. The number of H-pyrrole nitrogens is 2. The zero-order chi connectivity index (χ0) is 26.0. The SMILES string of the molecule is CN1CCCC1.Cc1c[nH]c2cccc(OP(=O)(O)Oc3cccc4[nH]cc(CC5CCCN5C)c34)c12. The van der Waals surface area contributed by atoms with E-state index in [9.17, 15) is 9.46 Å². The lowest BCUT2D eigenvalue weighted by atomic mass is 10.0. The number of likely N-dealkylation sites (tertiary alicyclic amines) is 2. The van der Waals surface area contributed by atoms with Crippen LogP contribution < -0.4 is 9.05 Å². The van der Waals surface area contributed by atoms with Gasteiger partial charge in [-0.1, -0.05) is 12.1 Å². The van der Waals surface area contributed by atoms with Crippen molar-refractivity contribution in [2.24, 2.45) is 0 Å². The fourth-order valence-corrected chi connectivity index (χ4v) is 6.32. The molecular formula is C28H37N4O4P. The third-order valence-corrected chi connectivity index (χ3v) is 8.35. The van der Waals surface area contributed by atoms with Gasteiger partial charge in [0.2, 0.25) is 0 Å². The lowest BCUT2D eigenvalue weighted by Gasteiger charge is -2.19. The van der Waals surface area contributed by atoms with Crippen molar-refractivity contribution in [1.82, 2.24) is 19.8 Å². The van der Waals surface area contributed by atoms with Crippen molar-refractivity contribution in [1.29, 1.82) is 0 Å². The molecule has 2 unspecified atom stereocenters. The zero-order valence-electron chi connectivity index (χ0n) is 21.9. The van der Waals surface area contributed by atoms with Gasteiger partial charge >= 0.3 is 7.82 Å². The minimum atomic E-state index is -4.42. The summed E-state index contributed by atoms with van der Waals surface area (Å²) in [5.41, 5.74) is 3.72. The number of hydrogen-bond acceptors (Lipinski definition) is 5. The van der Waals surface area contributed by atoms with Gasteiger partial charge < -0.3 is 28.8 Å². The highest BCUT2D eigenvalue weighted by Gasteiger charge is 2.29. The van der Waals surface area contributed by atoms with Crippen LogP contribution in [0.5, 0.6) is 11.5 Å². The highest BCUT2D eigenvalue weighted by atomic mass is 31.2. The number of likely N-dealkylation sites (N-methyl/N-ethyl adjacent to an activating group) is 1. The third kappa shape index (κ3) is 5.88. The van der Waals surface area contributed by atoms with Crippen molar-refractivity contribution in [2.75, 3.05) is 33.7 Å². The van der Waals surface area contributed by atoms with Crippen LogP contribution in [0.15, 0.2) is 48.8 Å². The van der Waals surface area contributed by atoms with Crippen molar-refractivity contribution in [2.45, 2.75) is 45.1 Å². The van der Waals surface area contributed by atoms with Gasteiger partial charge in [0.15, 0.2) is 0 Å². The molecule has 2 aromatic carbocycles. The maximum absolute atomic E-state index is 13.0. The molecule has 3 N–H and O–H groups in total. The Labute approximate surface area is 218 Å². The highest BCUT2D eigenvalue weighted by molar-refractivity contribution is 7.48. The number of nitrogens with zero attached hydrogens (tertiary/aromatic N) is 2. The average molecular weight is 525 g/mol. The normalized spacial score (nSPS) is 20.2. The minimum absolute atomic E-state index is 0.316. The van der Waals surface area contributed by atoms with Crippen LogP contribution in [0.1, 0.15) is 36.8 Å². The molecule has 2 atom stereocenters. The summed E-state index contributed by atoms with van der Waals surface area (Å²) in [6.45, 7) is 5.65. The molecule has 0 spiro atoms. The molecule has 4 aromatic rings. The lowest BCUT2D eigenvalue weighted by molar-refractivity contribution is 0.293. The van der Waals surface area contributed by atoms with Crippen LogP contribution in [-0.2, 0) is 11.0 Å². The molecule has 8 nitrogen and oxygen atoms in total. The van der Waals surface area contributed by atoms with Crippen molar-refractivity contribution in [3.8, 4) is 11.5 Å². The summed E-state index contributed by atoms with van der Waals surface area (Å²) in [5, 5.41) is 1.60. The van der Waals surface area contributed by atoms with E-state index in [1.165, 1.54) is 32.4 Å². The molecule has 37 heavy (non-hydrogen) atoms. The van der Waals surface area contributed by atoms with Crippen molar-refractivity contribution in [3.63, 3.8) is 0 Å². The van der Waals surface area contributed by atoms with E-state index < -0.39 is 7.82 Å². The quantitative estimate of drug-likeness (QED) is 0.274. The Morgan fingerprint density at radius 1 is 0.919 bits per heavy atom. The molecule has 198 valence electrons. The number of aryl methyl sites for hydroxylation is 1. The first-order chi connectivity index (χ1) is 17.8. The van der Waals surface area contributed by atoms with E-state index in [4.69, 9.17) is 9.05 Å². The Kier molecular flexibility index (Phi) is 7.63. The second kappa shape index (κ2) is 10.9. The lowest BCUT2D eigenvalue weighted by Crippen LogP contribution is -2.26. The predicted octanol–water partition coefficient (Wildman–Crippen LogP) is 5.86. The second-order valence-corrected chi connectivity index (χ2v) is 11.6. The van der Waals surface area contributed by atoms with E-state index in [0.29, 0.717) is 17.5 Å². The van der Waals surface area contributed by atoms with Crippen LogP contribution in [0.2, 0.25) is 0 Å². The van der Waals surface area contributed by atoms with Gasteiger partial charge in [0.1, 0.15) is 11.5 Å². The van der Waals surface area contributed by atoms with Gasteiger partial charge in [-0.25, -0.2) is 4.57 Å². The van der Waals surface area contributed by atoms with Gasteiger partial charge in [0, 0.05) is 40.2 Å². The molecule has 2 aliphatic heterocycles. The number of phosphoric ester groups is 1. The van der Waals surface area contributed by atoms with Crippen LogP contribution in [0, 0.1) is 6.92 Å². The molecule has 4 heterocycles. The van der Waals surface area contributed by atoms with E-state index in [0.717, 1.165) is 52.3 Å². The predicted molar refractivity (Wildman–Crippen MR) is 149 cm³/mol. The van der Waals surface area contributed by atoms with Crippen molar-refractivity contribution >= 4 is 29.6 Å². The standard InChI is InChI=1S/C23H26N3O4P.C5H11N/c1-15-13-24-18-7-3-9-20(22(15)18)29-31(27,28)30-21-10-4-8-19-23(21)16(14-25-19)12-17-6-5-11-26(17)2;1-6-4-2-3-5-6/h3-4,7-10,13-14,17,24-25H,5-6,11-12H2,1-2H3,(H,27,28);2-5H2,1H3. The smallest absolute Gasteiger partial charge is 0.394 e. The number of aromatic amines is 2. The molecule has 6 rings (SSSR count). The van der Waals surface area contributed by atoms with E-state index in [1.54, 1.807) is 24.3 Å². The summed E-state index contributed by atoms with van der Waals surface area (Å²) in [4.78, 5) is 21.7. The summed E-state index contributed by atoms with van der Waals surface area (Å²) >= 11 is 0. The van der Waals surface area contributed by atoms with Crippen LogP contribution in [0.3, 0.4) is 0 Å². The second-order valence-electron chi connectivity index (χ2n) is 10.3. The average Bonchev–Trinajstić information content (AvgIpc) is 3.65. The fraction of sp³-hybridized carbons (Fsp3) is 0.429. The number of aromatic nitrogens is 2. The Morgan fingerprint density at radius 2 is 1.54 bits per heavy atom. The number of rotatable bonds is 6. The maximum atomic E-state index is 13.0. The van der Waals surface area contributed by atoms with Crippen LogP contribution >= 0.6 is 7.82 Å². The van der Waals surface area contributed by atoms with Gasteiger partial charge in [-0.3, -0.25) is 4.89 Å². The number of fused-ring (bicyclic) bond motifs is 2. The first-order valence-corrected chi connectivity index (χ1v) is 14.6. The Morgan fingerprint density at radius 3 is 2.14 bits per heavy atom. The molecule has 2 saturated heterocycles. The van der Waals surface area contributed by atoms with E-state index in [-0.39, 0.29) is 0 Å². The number of hydrogen-bond donors (Lipinski definition) is 3. The van der Waals surface area contributed by atoms with Gasteiger partial charge in [-0.05, 0) is 108 Å². The van der Waals surface area contributed by atoms with Crippen LogP contribution in [-0.4, -0.2) is 64.4 Å². The maximum Gasteiger partial charge on any atom is 0.584 e. The summed E-state index contributed by atoms with van der Waals surface area (Å²) in [5.74, 6) is 0.661. The summed E-state index contributed by atoms with van der Waals surface area (Å²) in [6, 6.07) is 11.3. The fourth-order valence-electron chi connectivity index (χ4n) is 5.48. The number of nitrogens with one attached hydrogen (secondary N) is 2. The summed E-state index contributed by atoms with van der Waals surface area (Å²) in [7, 11) is -0.106. The van der Waals surface area contributed by atoms with E-state index in [2.05, 4.69) is 33.9 Å². The Balaban J connectivity index is 0.000000412. The first kappa shape index (κ1) is 25.9.